The number of nitro groups is 1. The number of hydrogen-bond donors (Lipinski definition) is 0. The molecule has 0 radical (unpaired) electrons. The molecule has 11 nitrogen and oxygen atoms in total. The molecule has 2 aromatic rings. The zero-order valence-electron chi connectivity index (χ0n) is 22.6. The van der Waals surface area contributed by atoms with E-state index < -0.39 is 10.5 Å². The largest absolute Gasteiger partial charge is 0.490 e. The summed E-state index contributed by atoms with van der Waals surface area (Å²) < 4.78 is 18.6. The number of nitro benzene ring substituents is 1. The molecule has 0 aliphatic carbocycles. The van der Waals surface area contributed by atoms with Crippen molar-refractivity contribution >= 4 is 17.5 Å². The predicted octanol–water partition coefficient (Wildman–Crippen LogP) is 5.00. The van der Waals surface area contributed by atoms with E-state index in [1.807, 2.05) is 31.6 Å². The summed E-state index contributed by atoms with van der Waals surface area (Å²) in [6.07, 6.45) is 8.16. The maximum Gasteiger partial charge on any atom is 0.410 e. The molecule has 0 bridgehead atoms. The van der Waals surface area contributed by atoms with Crippen LogP contribution in [0.3, 0.4) is 0 Å². The molecule has 1 amide bonds. The highest BCUT2D eigenvalue weighted by Gasteiger charge is 2.48. The van der Waals surface area contributed by atoms with Crippen LogP contribution < -0.4 is 9.64 Å². The Hall–Kier alpha value is -3.34. The van der Waals surface area contributed by atoms with Gasteiger partial charge >= 0.3 is 11.8 Å². The van der Waals surface area contributed by atoms with Crippen molar-refractivity contribution in [1.82, 2.24) is 14.7 Å². The summed E-state index contributed by atoms with van der Waals surface area (Å²) >= 11 is 0. The van der Waals surface area contributed by atoms with Crippen molar-refractivity contribution in [2.45, 2.75) is 64.7 Å². The monoisotopic (exact) mass is 527 g/mol. The van der Waals surface area contributed by atoms with E-state index in [2.05, 4.69) is 10.00 Å². The van der Waals surface area contributed by atoms with Gasteiger partial charge in [0.05, 0.1) is 18.2 Å². The Balaban J connectivity index is 1.36. The number of carbonyl (C=O) groups excluding carboxylic acids is 1. The molecule has 1 aromatic heterocycles. The number of benzene rings is 1. The number of rotatable bonds is 5. The minimum atomic E-state index is -0.508. The third-order valence-electron chi connectivity index (χ3n) is 7.73. The van der Waals surface area contributed by atoms with Gasteiger partial charge < -0.3 is 24.0 Å². The van der Waals surface area contributed by atoms with Crippen molar-refractivity contribution in [3.63, 3.8) is 0 Å². The lowest BCUT2D eigenvalue weighted by molar-refractivity contribution is -0.385. The number of anilines is 1. The Kier molecular flexibility index (Phi) is 6.97. The van der Waals surface area contributed by atoms with Gasteiger partial charge in [-0.15, -0.1) is 0 Å². The second kappa shape index (κ2) is 10.1. The van der Waals surface area contributed by atoms with Gasteiger partial charge in [0.25, 0.3) is 0 Å². The molecule has 38 heavy (non-hydrogen) atoms. The minimum absolute atomic E-state index is 0.0756. The lowest BCUT2D eigenvalue weighted by Crippen LogP contribution is -2.62. The Labute approximate surface area is 222 Å². The summed E-state index contributed by atoms with van der Waals surface area (Å²) in [6, 6.07) is 3.36. The fraction of sp³-hybridized carbons (Fsp3) is 0.630. The quantitative estimate of drug-likeness (QED) is 0.394. The Bertz CT molecular complexity index is 1180. The summed E-state index contributed by atoms with van der Waals surface area (Å²) in [4.78, 5) is 27.9. The van der Waals surface area contributed by atoms with Gasteiger partial charge in [0, 0.05) is 73.3 Å². The lowest BCUT2D eigenvalue weighted by Gasteiger charge is -2.54. The van der Waals surface area contributed by atoms with Crippen LogP contribution in [-0.4, -0.2) is 71.2 Å². The summed E-state index contributed by atoms with van der Waals surface area (Å²) in [5, 5.41) is 16.4. The summed E-state index contributed by atoms with van der Waals surface area (Å²) in [5.74, 6) is 0.233. The van der Waals surface area contributed by atoms with Crippen LogP contribution in [0.4, 0.5) is 16.2 Å². The molecule has 5 rings (SSSR count). The van der Waals surface area contributed by atoms with E-state index >= 15 is 0 Å². The molecule has 11 heteroatoms. The van der Waals surface area contributed by atoms with Crippen molar-refractivity contribution in [2.75, 3.05) is 44.8 Å². The van der Waals surface area contributed by atoms with Crippen LogP contribution in [0, 0.1) is 15.5 Å². The molecule has 1 unspecified atom stereocenters. The number of piperidine rings is 1. The van der Waals surface area contributed by atoms with E-state index in [1.54, 1.807) is 23.2 Å². The number of hydrogen-bond acceptors (Lipinski definition) is 8. The molecule has 3 aliphatic rings. The first kappa shape index (κ1) is 26.3. The van der Waals surface area contributed by atoms with Crippen LogP contribution in [0.15, 0.2) is 24.5 Å². The average Bonchev–Trinajstić information content (AvgIpc) is 3.36. The van der Waals surface area contributed by atoms with E-state index in [9.17, 15) is 14.9 Å². The first-order valence-corrected chi connectivity index (χ1v) is 13.3. The third kappa shape index (κ3) is 5.29. The Morgan fingerprint density at radius 3 is 2.55 bits per heavy atom. The van der Waals surface area contributed by atoms with Crippen molar-refractivity contribution in [3.05, 3.63) is 34.6 Å². The van der Waals surface area contributed by atoms with Crippen LogP contribution >= 0.6 is 0 Å². The van der Waals surface area contributed by atoms with Crippen molar-refractivity contribution < 1.29 is 23.9 Å². The van der Waals surface area contributed by atoms with Crippen molar-refractivity contribution in [3.8, 4) is 16.9 Å². The van der Waals surface area contributed by atoms with E-state index in [-0.39, 0.29) is 29.2 Å². The molecule has 3 fully saturated rings. The van der Waals surface area contributed by atoms with Gasteiger partial charge in [-0.25, -0.2) is 9.48 Å². The molecule has 4 heterocycles. The van der Waals surface area contributed by atoms with Gasteiger partial charge in [0.15, 0.2) is 5.75 Å². The standard InChI is InChI=1S/C27H37N5O6/c1-26(2,3)38-25(33)30-17-27(18-30)8-10-29(11-9-27)21-14-23(36-4)22(32(34)35)13-20(21)19-15-28-31(16-19)24-7-5-6-12-37-24/h13-16,24H,5-12,17-18H2,1-4H3. The Morgan fingerprint density at radius 2 is 1.95 bits per heavy atom. The van der Waals surface area contributed by atoms with Gasteiger partial charge in [-0.2, -0.15) is 5.10 Å². The van der Waals surface area contributed by atoms with Gasteiger partial charge in [0.2, 0.25) is 0 Å². The van der Waals surface area contributed by atoms with Gasteiger partial charge in [-0.1, -0.05) is 0 Å². The summed E-state index contributed by atoms with van der Waals surface area (Å²) in [7, 11) is 1.45. The number of carbonyl (C=O) groups is 1. The van der Waals surface area contributed by atoms with Crippen LogP contribution in [0.25, 0.3) is 11.1 Å². The molecular weight excluding hydrogens is 490 g/mol. The highest BCUT2D eigenvalue weighted by molar-refractivity contribution is 5.82. The van der Waals surface area contributed by atoms with Crippen molar-refractivity contribution in [2.24, 2.45) is 5.41 Å². The number of nitrogens with zero attached hydrogens (tertiary/aromatic N) is 5. The van der Waals surface area contributed by atoms with Crippen LogP contribution in [0.1, 0.15) is 59.1 Å². The maximum atomic E-state index is 12.4. The zero-order valence-corrected chi connectivity index (χ0v) is 22.6. The molecule has 1 aromatic carbocycles. The Morgan fingerprint density at radius 1 is 1.21 bits per heavy atom. The van der Waals surface area contributed by atoms with Gasteiger partial charge in [-0.05, 0) is 52.9 Å². The van der Waals surface area contributed by atoms with E-state index in [0.717, 1.165) is 62.0 Å². The summed E-state index contributed by atoms with van der Waals surface area (Å²) in [6.45, 7) is 9.27. The molecule has 3 aliphatic heterocycles. The second-order valence-corrected chi connectivity index (χ2v) is 11.7. The molecule has 0 saturated carbocycles. The van der Waals surface area contributed by atoms with Gasteiger partial charge in [0.1, 0.15) is 11.8 Å². The SMILES string of the molecule is COc1cc(N2CCC3(CC2)CN(C(=O)OC(C)(C)C)C3)c(-c2cnn(C3CCCCO3)c2)cc1[N+](=O)[O-]. The highest BCUT2D eigenvalue weighted by atomic mass is 16.6. The minimum Gasteiger partial charge on any atom is -0.490 e. The topological polar surface area (TPSA) is 112 Å². The number of amides is 1. The molecule has 1 spiro atoms. The predicted molar refractivity (Wildman–Crippen MR) is 141 cm³/mol. The molecule has 3 saturated heterocycles. The lowest BCUT2D eigenvalue weighted by atomic mass is 9.72. The fourth-order valence-corrected chi connectivity index (χ4v) is 5.68. The molecule has 1 atom stereocenters. The number of ether oxygens (including phenoxy) is 3. The van der Waals surface area contributed by atoms with E-state index in [0.29, 0.717) is 19.7 Å². The van der Waals surface area contributed by atoms with Gasteiger partial charge in [-0.3, -0.25) is 10.1 Å². The third-order valence-corrected chi connectivity index (χ3v) is 7.73. The highest BCUT2D eigenvalue weighted by Crippen LogP contribution is 2.46. The van der Waals surface area contributed by atoms with E-state index in [1.165, 1.54) is 7.11 Å². The summed E-state index contributed by atoms with van der Waals surface area (Å²) in [5.41, 5.74) is 1.94. The molecule has 206 valence electrons. The van der Waals surface area contributed by atoms with Crippen molar-refractivity contribution in [1.29, 1.82) is 0 Å². The fourth-order valence-electron chi connectivity index (χ4n) is 5.68. The number of aromatic nitrogens is 2. The number of methoxy groups -OCH3 is 1. The second-order valence-electron chi connectivity index (χ2n) is 11.7. The smallest absolute Gasteiger partial charge is 0.410 e. The normalized spacial score (nSPS) is 21.2. The zero-order chi connectivity index (χ0) is 27.1. The van der Waals surface area contributed by atoms with Crippen LogP contribution in [0.5, 0.6) is 5.75 Å². The number of likely N-dealkylation sites (tertiary alicyclic amines) is 1. The van der Waals surface area contributed by atoms with Crippen LogP contribution in [-0.2, 0) is 9.47 Å². The van der Waals surface area contributed by atoms with E-state index in [4.69, 9.17) is 14.2 Å². The first-order chi connectivity index (χ1) is 18.1. The molecule has 0 N–H and O–H groups in total. The average molecular weight is 528 g/mol. The first-order valence-electron chi connectivity index (χ1n) is 13.3. The molecular formula is C27H37N5O6. The van der Waals surface area contributed by atoms with Crippen LogP contribution in [0.2, 0.25) is 0 Å². The maximum absolute atomic E-state index is 12.4.